The van der Waals surface area contributed by atoms with Crippen LogP contribution in [0.1, 0.15) is 47.2 Å². The molecule has 1 aliphatic carbocycles. The number of ether oxygens (including phenoxy) is 2. The van der Waals surface area contributed by atoms with E-state index in [4.69, 9.17) is 9.47 Å². The Morgan fingerprint density at radius 3 is 2.83 bits per heavy atom. The molecule has 0 bridgehead atoms. The molecule has 148 valence electrons. The molecular formula is C23H22N2O4. The Hall–Kier alpha value is -3.41. The molecule has 29 heavy (non-hydrogen) atoms. The van der Waals surface area contributed by atoms with E-state index >= 15 is 0 Å². The van der Waals surface area contributed by atoms with Crippen LogP contribution in [0.2, 0.25) is 0 Å². The molecule has 0 spiro atoms. The average molecular weight is 390 g/mol. The maximum absolute atomic E-state index is 12.6. The first-order chi connectivity index (χ1) is 14.1. The van der Waals surface area contributed by atoms with Gasteiger partial charge in [0.2, 0.25) is 0 Å². The van der Waals surface area contributed by atoms with Crippen molar-refractivity contribution in [2.24, 2.45) is 0 Å². The van der Waals surface area contributed by atoms with Crippen LogP contribution in [0.4, 0.5) is 0 Å². The zero-order chi connectivity index (χ0) is 20.2. The van der Waals surface area contributed by atoms with Crippen LogP contribution in [0.3, 0.4) is 0 Å². The number of rotatable bonds is 5. The molecule has 1 aromatic heterocycles. The number of fused-ring (bicyclic) bond motifs is 2. The summed E-state index contributed by atoms with van der Waals surface area (Å²) in [6.07, 6.45) is 11.5. The zero-order valence-corrected chi connectivity index (χ0v) is 16.2. The third kappa shape index (κ3) is 4.21. The first kappa shape index (κ1) is 18.9. The molecule has 0 radical (unpaired) electrons. The molecule has 0 saturated carbocycles. The van der Waals surface area contributed by atoms with Gasteiger partial charge in [0.25, 0.3) is 0 Å². The third-order valence-corrected chi connectivity index (χ3v) is 5.15. The molecule has 2 aliphatic rings. The van der Waals surface area contributed by atoms with Crippen molar-refractivity contribution in [3.8, 4) is 0 Å². The second kappa shape index (κ2) is 8.31. The molecule has 0 amide bonds. The molecule has 1 aromatic carbocycles. The van der Waals surface area contributed by atoms with Crippen LogP contribution in [-0.4, -0.2) is 28.6 Å². The van der Waals surface area contributed by atoms with Gasteiger partial charge in [-0.2, -0.15) is 0 Å². The number of allylic oxidation sites excluding steroid dienone is 5. The lowest BCUT2D eigenvalue weighted by Crippen LogP contribution is -2.15. The summed E-state index contributed by atoms with van der Waals surface area (Å²) < 4.78 is 12.2. The summed E-state index contributed by atoms with van der Waals surface area (Å²) >= 11 is 0. The predicted molar refractivity (Wildman–Crippen MR) is 108 cm³/mol. The Kier molecular flexibility index (Phi) is 5.42. The van der Waals surface area contributed by atoms with E-state index in [0.29, 0.717) is 12.2 Å². The van der Waals surface area contributed by atoms with Crippen molar-refractivity contribution in [2.75, 3.05) is 7.11 Å². The predicted octanol–water partition coefficient (Wildman–Crippen LogP) is 4.02. The fraction of sp³-hybridized carbons (Fsp3) is 0.261. The molecule has 1 unspecified atom stereocenters. The summed E-state index contributed by atoms with van der Waals surface area (Å²) in [5, 5.41) is 0. The maximum Gasteiger partial charge on any atom is 0.358 e. The monoisotopic (exact) mass is 390 g/mol. The van der Waals surface area contributed by atoms with Crippen LogP contribution in [0, 0.1) is 0 Å². The number of carbonyl (C=O) groups excluding carboxylic acids is 2. The summed E-state index contributed by atoms with van der Waals surface area (Å²) in [6.45, 7) is 0.187. The highest BCUT2D eigenvalue weighted by Crippen LogP contribution is 2.35. The number of carbonyl (C=O) groups is 2. The van der Waals surface area contributed by atoms with Gasteiger partial charge in [-0.25, -0.2) is 9.78 Å². The van der Waals surface area contributed by atoms with E-state index in [1.54, 1.807) is 6.20 Å². The largest absolute Gasteiger partial charge is 0.469 e. The minimum Gasteiger partial charge on any atom is -0.469 e. The molecule has 0 fully saturated rings. The van der Waals surface area contributed by atoms with Crippen LogP contribution in [0.5, 0.6) is 0 Å². The Morgan fingerprint density at radius 2 is 2.03 bits per heavy atom. The lowest BCUT2D eigenvalue weighted by Gasteiger charge is -2.19. The third-order valence-electron chi connectivity index (χ3n) is 5.15. The maximum atomic E-state index is 12.6. The average Bonchev–Trinajstić information content (AvgIpc) is 3.11. The molecular weight excluding hydrogens is 368 g/mol. The van der Waals surface area contributed by atoms with Gasteiger partial charge in [-0.05, 0) is 35.6 Å². The second-order valence-electron chi connectivity index (χ2n) is 7.09. The first-order valence-electron chi connectivity index (χ1n) is 9.57. The number of aromatic nitrogens is 2. The van der Waals surface area contributed by atoms with E-state index in [9.17, 15) is 9.59 Å². The smallest absolute Gasteiger partial charge is 0.358 e. The van der Waals surface area contributed by atoms with Gasteiger partial charge >= 0.3 is 11.9 Å². The summed E-state index contributed by atoms with van der Waals surface area (Å²) in [5.74, 6) is -0.124. The fourth-order valence-electron chi connectivity index (χ4n) is 3.62. The van der Waals surface area contributed by atoms with Gasteiger partial charge < -0.3 is 14.0 Å². The summed E-state index contributed by atoms with van der Waals surface area (Å²) in [5.41, 5.74) is 3.48. The SMILES string of the molecule is COC(=O)CC1CC2=CC=CCC2=Cc2nc(C(=O)OCc3ccccc3)cn21. The molecule has 6 nitrogen and oxygen atoms in total. The van der Waals surface area contributed by atoms with Crippen molar-refractivity contribution < 1.29 is 19.1 Å². The van der Waals surface area contributed by atoms with Gasteiger partial charge in [0, 0.05) is 12.2 Å². The number of imidazole rings is 1. The normalized spacial score (nSPS) is 17.3. The highest BCUT2D eigenvalue weighted by Gasteiger charge is 2.27. The van der Waals surface area contributed by atoms with Crippen LogP contribution in [-0.2, 0) is 20.9 Å². The van der Waals surface area contributed by atoms with Crippen LogP contribution in [0.15, 0.2) is 65.9 Å². The van der Waals surface area contributed by atoms with Gasteiger partial charge in [-0.15, -0.1) is 0 Å². The number of hydrogen-bond donors (Lipinski definition) is 0. The van der Waals surface area contributed by atoms with E-state index < -0.39 is 5.97 Å². The lowest BCUT2D eigenvalue weighted by atomic mass is 9.92. The molecule has 0 N–H and O–H groups in total. The fourth-order valence-corrected chi connectivity index (χ4v) is 3.62. The van der Waals surface area contributed by atoms with Gasteiger partial charge in [0.05, 0.1) is 13.5 Å². The minimum absolute atomic E-state index is 0.174. The zero-order valence-electron chi connectivity index (χ0n) is 16.2. The van der Waals surface area contributed by atoms with E-state index in [1.807, 2.05) is 47.1 Å². The van der Waals surface area contributed by atoms with Crippen LogP contribution >= 0.6 is 0 Å². The number of hydrogen-bond acceptors (Lipinski definition) is 5. The van der Waals surface area contributed by atoms with Crippen molar-refractivity contribution in [1.29, 1.82) is 0 Å². The van der Waals surface area contributed by atoms with Crippen molar-refractivity contribution in [3.63, 3.8) is 0 Å². The highest BCUT2D eigenvalue weighted by molar-refractivity contribution is 5.87. The molecule has 1 atom stereocenters. The first-order valence-corrected chi connectivity index (χ1v) is 9.57. The van der Waals surface area contributed by atoms with Crippen molar-refractivity contribution >= 4 is 18.0 Å². The molecule has 4 rings (SSSR count). The van der Waals surface area contributed by atoms with Gasteiger partial charge in [-0.1, -0.05) is 48.6 Å². The highest BCUT2D eigenvalue weighted by atomic mass is 16.5. The molecule has 2 heterocycles. The molecule has 2 aromatic rings. The Balaban J connectivity index is 1.60. The van der Waals surface area contributed by atoms with E-state index in [2.05, 4.69) is 17.1 Å². The van der Waals surface area contributed by atoms with Gasteiger partial charge in [0.1, 0.15) is 12.4 Å². The van der Waals surface area contributed by atoms with E-state index in [0.717, 1.165) is 17.6 Å². The van der Waals surface area contributed by atoms with Gasteiger partial charge in [0.15, 0.2) is 5.69 Å². The molecule has 0 saturated heterocycles. The van der Waals surface area contributed by atoms with E-state index in [1.165, 1.54) is 12.7 Å². The number of benzene rings is 1. The van der Waals surface area contributed by atoms with Crippen molar-refractivity contribution in [1.82, 2.24) is 9.55 Å². The van der Waals surface area contributed by atoms with Crippen molar-refractivity contribution in [3.05, 3.63) is 83.0 Å². The Morgan fingerprint density at radius 1 is 1.21 bits per heavy atom. The number of esters is 2. The van der Waals surface area contributed by atoms with Crippen LogP contribution in [0.25, 0.3) is 6.08 Å². The molecule has 1 aliphatic heterocycles. The summed E-state index contributed by atoms with van der Waals surface area (Å²) in [4.78, 5) is 29.0. The Labute approximate surface area is 169 Å². The standard InChI is InChI=1S/C23H22N2O4/c1-28-22(26)13-19-11-17-9-5-6-10-18(17)12-21-24-20(14-25(19)21)23(27)29-15-16-7-3-2-4-8-16/h2-9,12,14,19H,10-11,13,15H2,1H3. The second-order valence-corrected chi connectivity index (χ2v) is 7.09. The molecule has 6 heteroatoms. The minimum atomic E-state index is -0.482. The Bertz CT molecular complexity index is 1010. The summed E-state index contributed by atoms with van der Waals surface area (Å²) in [7, 11) is 1.38. The number of nitrogens with zero attached hydrogens (tertiary/aromatic N) is 2. The number of methoxy groups -OCH3 is 1. The van der Waals surface area contributed by atoms with Gasteiger partial charge in [-0.3, -0.25) is 4.79 Å². The van der Waals surface area contributed by atoms with E-state index in [-0.39, 0.29) is 30.7 Å². The quantitative estimate of drug-likeness (QED) is 0.721. The topological polar surface area (TPSA) is 70.4 Å². The van der Waals surface area contributed by atoms with Crippen molar-refractivity contribution in [2.45, 2.75) is 31.9 Å². The lowest BCUT2D eigenvalue weighted by molar-refractivity contribution is -0.141. The summed E-state index contributed by atoms with van der Waals surface area (Å²) in [6, 6.07) is 9.33. The van der Waals surface area contributed by atoms with Crippen LogP contribution < -0.4 is 0 Å².